The molecule has 18 heavy (non-hydrogen) atoms. The quantitative estimate of drug-likeness (QED) is 0.817. The van der Waals surface area contributed by atoms with Crippen LogP contribution in [0, 0.1) is 11.3 Å². The fourth-order valence-electron chi connectivity index (χ4n) is 1.20. The number of hydrogen-bond acceptors (Lipinski definition) is 4. The number of nitriles is 1. The molecule has 1 aromatic rings. The summed E-state index contributed by atoms with van der Waals surface area (Å²) in [4.78, 5) is 22.0. The number of carboxylic acid groups (broad SMARTS) is 1. The van der Waals surface area contributed by atoms with Crippen molar-refractivity contribution in [2.45, 2.75) is 19.1 Å². The van der Waals surface area contributed by atoms with E-state index >= 15 is 0 Å². The molecule has 1 unspecified atom stereocenters. The summed E-state index contributed by atoms with van der Waals surface area (Å²) in [5.41, 5.74) is 0.791. The van der Waals surface area contributed by atoms with Crippen LogP contribution >= 0.6 is 0 Å². The molecule has 6 nitrogen and oxygen atoms in total. The highest BCUT2D eigenvalue weighted by molar-refractivity contribution is 5.80. The van der Waals surface area contributed by atoms with Gasteiger partial charge in [-0.3, -0.25) is 0 Å². The molecule has 0 saturated carbocycles. The van der Waals surface area contributed by atoms with Gasteiger partial charge in [0.05, 0.1) is 12.5 Å². The minimum atomic E-state index is -1.27. The number of nitrogens with one attached hydrogen (secondary N) is 1. The number of rotatable bonds is 5. The van der Waals surface area contributed by atoms with Crippen LogP contribution in [0.1, 0.15) is 12.0 Å². The van der Waals surface area contributed by atoms with E-state index in [0.29, 0.717) is 0 Å². The van der Waals surface area contributed by atoms with Crippen LogP contribution in [-0.2, 0) is 16.1 Å². The van der Waals surface area contributed by atoms with E-state index in [-0.39, 0.29) is 13.0 Å². The van der Waals surface area contributed by atoms with Gasteiger partial charge in [0, 0.05) is 0 Å². The molecule has 6 heteroatoms. The van der Waals surface area contributed by atoms with E-state index in [1.54, 1.807) is 30.3 Å². The van der Waals surface area contributed by atoms with Gasteiger partial charge in [0.2, 0.25) is 0 Å². The number of aliphatic carboxylic acids is 1. The summed E-state index contributed by atoms with van der Waals surface area (Å²) in [7, 11) is 0. The molecular weight excluding hydrogens is 236 g/mol. The molecule has 0 radical (unpaired) electrons. The Kier molecular flexibility index (Phi) is 5.19. The van der Waals surface area contributed by atoms with Crippen molar-refractivity contribution in [2.75, 3.05) is 0 Å². The van der Waals surface area contributed by atoms with Gasteiger partial charge in [0.25, 0.3) is 0 Å². The summed E-state index contributed by atoms with van der Waals surface area (Å²) in [6.07, 6.45) is -1.17. The van der Waals surface area contributed by atoms with Crippen molar-refractivity contribution in [2.24, 2.45) is 0 Å². The number of alkyl carbamates (subject to hydrolysis) is 1. The zero-order valence-electron chi connectivity index (χ0n) is 9.50. The summed E-state index contributed by atoms with van der Waals surface area (Å²) in [5, 5.41) is 19.2. The van der Waals surface area contributed by atoms with Gasteiger partial charge < -0.3 is 15.2 Å². The fraction of sp³-hybridized carbons (Fsp3) is 0.250. The Balaban J connectivity index is 2.42. The molecule has 0 fully saturated rings. The second-order valence-electron chi connectivity index (χ2n) is 3.46. The van der Waals surface area contributed by atoms with Crippen molar-refractivity contribution in [1.82, 2.24) is 5.32 Å². The lowest BCUT2D eigenvalue weighted by Gasteiger charge is -2.11. The normalized spacial score (nSPS) is 11.1. The van der Waals surface area contributed by atoms with Gasteiger partial charge in [-0.2, -0.15) is 5.26 Å². The maximum Gasteiger partial charge on any atom is 0.408 e. The number of hydrogen-bond donors (Lipinski definition) is 2. The van der Waals surface area contributed by atoms with Crippen LogP contribution in [0.2, 0.25) is 0 Å². The largest absolute Gasteiger partial charge is 0.480 e. The average Bonchev–Trinajstić information content (AvgIpc) is 2.37. The maximum atomic E-state index is 11.3. The molecule has 1 amide bonds. The number of carbonyl (C=O) groups is 2. The molecule has 0 aliphatic rings. The minimum absolute atomic E-state index is 0.0472. The van der Waals surface area contributed by atoms with Crippen LogP contribution < -0.4 is 5.32 Å². The van der Waals surface area contributed by atoms with Crippen molar-refractivity contribution >= 4 is 12.1 Å². The summed E-state index contributed by atoms with van der Waals surface area (Å²) < 4.78 is 4.83. The lowest BCUT2D eigenvalue weighted by atomic mass is 10.2. The first kappa shape index (κ1) is 13.5. The van der Waals surface area contributed by atoms with Crippen molar-refractivity contribution in [3.05, 3.63) is 35.9 Å². The first-order valence-corrected chi connectivity index (χ1v) is 5.20. The molecule has 94 valence electrons. The van der Waals surface area contributed by atoms with Gasteiger partial charge in [-0.1, -0.05) is 30.3 Å². The number of ether oxygens (including phenoxy) is 1. The van der Waals surface area contributed by atoms with Gasteiger partial charge in [0.15, 0.2) is 0 Å². The summed E-state index contributed by atoms with van der Waals surface area (Å²) in [6, 6.07) is 9.40. The SMILES string of the molecule is N#CCC(NC(=O)OCc1ccccc1)C(=O)O. The third-order valence-corrected chi connectivity index (χ3v) is 2.10. The van der Waals surface area contributed by atoms with E-state index in [9.17, 15) is 9.59 Å². The Hall–Kier alpha value is -2.55. The van der Waals surface area contributed by atoms with E-state index in [0.717, 1.165) is 5.56 Å². The Morgan fingerprint density at radius 3 is 2.61 bits per heavy atom. The summed E-state index contributed by atoms with van der Waals surface area (Å²) in [5.74, 6) is -1.27. The lowest BCUT2D eigenvalue weighted by molar-refractivity contribution is -0.139. The van der Waals surface area contributed by atoms with Crippen LogP contribution in [0.3, 0.4) is 0 Å². The molecule has 0 bridgehead atoms. The highest BCUT2D eigenvalue weighted by Crippen LogP contribution is 2.01. The van der Waals surface area contributed by atoms with Crippen LogP contribution in [0.15, 0.2) is 30.3 Å². The smallest absolute Gasteiger partial charge is 0.408 e. The predicted molar refractivity (Wildman–Crippen MR) is 61.4 cm³/mol. The van der Waals surface area contributed by atoms with Crippen molar-refractivity contribution in [3.8, 4) is 6.07 Å². The zero-order chi connectivity index (χ0) is 13.4. The van der Waals surface area contributed by atoms with Gasteiger partial charge in [-0.15, -0.1) is 0 Å². The Labute approximate surface area is 104 Å². The molecule has 0 aliphatic carbocycles. The predicted octanol–water partition coefficient (Wildman–Crippen LogP) is 1.28. The van der Waals surface area contributed by atoms with Gasteiger partial charge in [0.1, 0.15) is 12.6 Å². The Bertz CT molecular complexity index is 453. The van der Waals surface area contributed by atoms with E-state index in [1.165, 1.54) is 0 Å². The molecule has 2 N–H and O–H groups in total. The van der Waals surface area contributed by atoms with Crippen LogP contribution in [0.25, 0.3) is 0 Å². The summed E-state index contributed by atoms with van der Waals surface area (Å²) in [6.45, 7) is 0.0472. The van der Waals surface area contributed by atoms with Crippen LogP contribution in [0.5, 0.6) is 0 Å². The van der Waals surface area contributed by atoms with Crippen molar-refractivity contribution < 1.29 is 19.4 Å². The fourth-order valence-corrected chi connectivity index (χ4v) is 1.20. The third-order valence-electron chi connectivity index (χ3n) is 2.10. The number of amides is 1. The minimum Gasteiger partial charge on any atom is -0.480 e. The molecule has 0 spiro atoms. The van der Waals surface area contributed by atoms with Crippen LogP contribution in [0.4, 0.5) is 4.79 Å². The molecule has 1 atom stereocenters. The highest BCUT2D eigenvalue weighted by atomic mass is 16.5. The molecule has 1 rings (SSSR count). The molecule has 0 aliphatic heterocycles. The second kappa shape index (κ2) is 6.91. The molecule has 1 aromatic carbocycles. The molecule has 0 saturated heterocycles. The topological polar surface area (TPSA) is 99.4 Å². The van der Waals surface area contributed by atoms with E-state index in [4.69, 9.17) is 15.1 Å². The first-order valence-electron chi connectivity index (χ1n) is 5.20. The average molecular weight is 248 g/mol. The monoisotopic (exact) mass is 248 g/mol. The van der Waals surface area contributed by atoms with E-state index < -0.39 is 18.1 Å². The number of nitrogens with zero attached hydrogens (tertiary/aromatic N) is 1. The van der Waals surface area contributed by atoms with Gasteiger partial charge >= 0.3 is 12.1 Å². The maximum absolute atomic E-state index is 11.3. The van der Waals surface area contributed by atoms with Crippen molar-refractivity contribution in [3.63, 3.8) is 0 Å². The summed E-state index contributed by atoms with van der Waals surface area (Å²) >= 11 is 0. The first-order chi connectivity index (χ1) is 8.63. The molecule has 0 heterocycles. The third kappa shape index (κ3) is 4.53. The van der Waals surface area contributed by atoms with E-state index in [2.05, 4.69) is 5.32 Å². The van der Waals surface area contributed by atoms with Gasteiger partial charge in [-0.25, -0.2) is 9.59 Å². The van der Waals surface area contributed by atoms with Crippen molar-refractivity contribution in [1.29, 1.82) is 5.26 Å². The van der Waals surface area contributed by atoms with Gasteiger partial charge in [-0.05, 0) is 5.56 Å². The number of carbonyl (C=O) groups excluding carboxylic acids is 1. The Morgan fingerprint density at radius 1 is 1.39 bits per heavy atom. The lowest BCUT2D eigenvalue weighted by Crippen LogP contribution is -2.40. The Morgan fingerprint density at radius 2 is 2.06 bits per heavy atom. The molecular formula is C12H12N2O4. The van der Waals surface area contributed by atoms with Crippen LogP contribution in [-0.4, -0.2) is 23.2 Å². The highest BCUT2D eigenvalue weighted by Gasteiger charge is 2.20. The molecule has 0 aromatic heterocycles. The zero-order valence-corrected chi connectivity index (χ0v) is 9.50. The standard InChI is InChI=1S/C12H12N2O4/c13-7-6-10(11(15)16)14-12(17)18-8-9-4-2-1-3-5-9/h1-5,10H,6,8H2,(H,14,17)(H,15,16). The van der Waals surface area contributed by atoms with E-state index in [1.807, 2.05) is 6.07 Å². The number of benzene rings is 1. The number of carboxylic acids is 1. The second-order valence-corrected chi connectivity index (χ2v) is 3.46.